The van der Waals surface area contributed by atoms with Gasteiger partial charge in [0.15, 0.2) is 0 Å². The number of aryl methyl sites for hydroxylation is 2. The highest BCUT2D eigenvalue weighted by Crippen LogP contribution is 2.26. The number of nitrogens with zero attached hydrogens (tertiary/aromatic N) is 1. The summed E-state index contributed by atoms with van der Waals surface area (Å²) in [6.45, 7) is 0. The van der Waals surface area contributed by atoms with Crippen LogP contribution < -0.4 is 0 Å². The molecule has 2 nitrogen and oxygen atoms in total. The van der Waals surface area contributed by atoms with Crippen LogP contribution in [-0.4, -0.2) is 9.97 Å². The van der Waals surface area contributed by atoms with Gasteiger partial charge < -0.3 is 4.98 Å². The summed E-state index contributed by atoms with van der Waals surface area (Å²) in [7, 11) is 0. The molecular weight excluding hydrogens is 303 g/mol. The summed E-state index contributed by atoms with van der Waals surface area (Å²) in [5.74, 6) is 0.963. The number of H-pyrrole nitrogens is 1. The smallest absolute Gasteiger partial charge is 0.107 e. The molecule has 0 aliphatic rings. The van der Waals surface area contributed by atoms with Crippen LogP contribution in [0.5, 0.6) is 0 Å². The number of aromatic amines is 1. The van der Waals surface area contributed by atoms with Crippen molar-refractivity contribution in [1.29, 1.82) is 0 Å². The quantitative estimate of drug-likeness (QED) is 0.706. The molecule has 0 unspecified atom stereocenters. The minimum atomic E-state index is 0.617. The first-order valence-corrected chi connectivity index (χ1v) is 7.51. The molecule has 2 aromatic carbocycles. The lowest BCUT2D eigenvalue weighted by Crippen LogP contribution is -1.93. The predicted molar refractivity (Wildman–Crippen MR) is 87.9 cm³/mol. The number of benzene rings is 2. The van der Waals surface area contributed by atoms with E-state index in [0.29, 0.717) is 10.0 Å². The van der Waals surface area contributed by atoms with Gasteiger partial charge in [0.1, 0.15) is 5.82 Å². The van der Waals surface area contributed by atoms with E-state index in [1.807, 2.05) is 24.4 Å². The summed E-state index contributed by atoms with van der Waals surface area (Å²) in [4.78, 5) is 7.82. The van der Waals surface area contributed by atoms with Crippen LogP contribution in [-0.2, 0) is 12.8 Å². The van der Waals surface area contributed by atoms with Crippen molar-refractivity contribution >= 4 is 23.2 Å². The maximum atomic E-state index is 6.03. The van der Waals surface area contributed by atoms with E-state index in [4.69, 9.17) is 23.2 Å². The van der Waals surface area contributed by atoms with Crippen LogP contribution in [0.15, 0.2) is 54.7 Å². The predicted octanol–water partition coefficient (Wildman–Crippen LogP) is 5.17. The zero-order valence-corrected chi connectivity index (χ0v) is 12.8. The molecule has 3 aromatic rings. The molecule has 0 atom stereocenters. The zero-order chi connectivity index (χ0) is 14.7. The lowest BCUT2D eigenvalue weighted by molar-refractivity contribution is 0.885. The Morgan fingerprint density at radius 3 is 2.33 bits per heavy atom. The minimum absolute atomic E-state index is 0.617. The van der Waals surface area contributed by atoms with Crippen LogP contribution >= 0.6 is 23.2 Å². The Hall–Kier alpha value is -1.77. The van der Waals surface area contributed by atoms with E-state index >= 15 is 0 Å². The van der Waals surface area contributed by atoms with Gasteiger partial charge in [0.25, 0.3) is 0 Å². The van der Waals surface area contributed by atoms with Gasteiger partial charge in [0.05, 0.1) is 5.69 Å². The molecule has 106 valence electrons. The molecule has 0 radical (unpaired) electrons. The standard InChI is InChI=1S/C17H14Cl2N2/c18-14-8-13(9-15(19)10-14)16-11-20-17(21-16)7-6-12-4-2-1-3-5-12/h1-5,8-11H,6-7H2,(H,20,21). The van der Waals surface area contributed by atoms with Crippen LogP contribution in [0.25, 0.3) is 11.3 Å². The normalized spacial score (nSPS) is 10.8. The van der Waals surface area contributed by atoms with Crippen LogP contribution in [0, 0.1) is 0 Å². The van der Waals surface area contributed by atoms with Crippen molar-refractivity contribution < 1.29 is 0 Å². The lowest BCUT2D eigenvalue weighted by atomic mass is 10.1. The van der Waals surface area contributed by atoms with Crippen molar-refractivity contribution in [3.8, 4) is 11.3 Å². The average Bonchev–Trinajstić information content (AvgIpc) is 2.94. The van der Waals surface area contributed by atoms with Crippen molar-refractivity contribution in [2.75, 3.05) is 0 Å². The molecule has 0 saturated carbocycles. The molecule has 1 N–H and O–H groups in total. The molecule has 0 fully saturated rings. The second-order valence-corrected chi connectivity index (χ2v) is 5.75. The van der Waals surface area contributed by atoms with Crippen LogP contribution in [0.4, 0.5) is 0 Å². The van der Waals surface area contributed by atoms with Gasteiger partial charge in [-0.05, 0) is 30.2 Å². The number of hydrogen-bond donors (Lipinski definition) is 1. The second-order valence-electron chi connectivity index (χ2n) is 4.88. The van der Waals surface area contributed by atoms with E-state index in [9.17, 15) is 0 Å². The molecule has 0 bridgehead atoms. The molecule has 0 saturated heterocycles. The maximum absolute atomic E-state index is 6.03. The van der Waals surface area contributed by atoms with Gasteiger partial charge in [-0.3, -0.25) is 0 Å². The van der Waals surface area contributed by atoms with Crippen LogP contribution in [0.3, 0.4) is 0 Å². The third-order valence-electron chi connectivity index (χ3n) is 3.28. The Bertz CT molecular complexity index is 715. The van der Waals surface area contributed by atoms with E-state index < -0.39 is 0 Å². The second kappa shape index (κ2) is 6.33. The van der Waals surface area contributed by atoms with E-state index in [1.54, 1.807) is 6.07 Å². The maximum Gasteiger partial charge on any atom is 0.107 e. The van der Waals surface area contributed by atoms with Gasteiger partial charge in [-0.2, -0.15) is 0 Å². The Balaban J connectivity index is 1.74. The summed E-state index contributed by atoms with van der Waals surface area (Å²) < 4.78 is 0. The Morgan fingerprint density at radius 1 is 0.905 bits per heavy atom. The molecule has 0 aliphatic carbocycles. The molecular formula is C17H14Cl2N2. The Labute approximate surface area is 133 Å². The fourth-order valence-electron chi connectivity index (χ4n) is 2.25. The minimum Gasteiger partial charge on any atom is -0.348 e. The van der Waals surface area contributed by atoms with Gasteiger partial charge in [0.2, 0.25) is 0 Å². The van der Waals surface area contributed by atoms with Crippen molar-refractivity contribution in [1.82, 2.24) is 9.97 Å². The third kappa shape index (κ3) is 3.66. The van der Waals surface area contributed by atoms with Crippen molar-refractivity contribution in [2.24, 2.45) is 0 Å². The first-order chi connectivity index (χ1) is 10.2. The monoisotopic (exact) mass is 316 g/mol. The fourth-order valence-corrected chi connectivity index (χ4v) is 2.77. The first-order valence-electron chi connectivity index (χ1n) is 6.75. The van der Waals surface area contributed by atoms with Crippen molar-refractivity contribution in [2.45, 2.75) is 12.8 Å². The summed E-state index contributed by atoms with van der Waals surface area (Å²) >= 11 is 12.1. The molecule has 3 rings (SSSR count). The Kier molecular flexibility index (Phi) is 4.28. The summed E-state index contributed by atoms with van der Waals surface area (Å²) in [5.41, 5.74) is 3.10. The lowest BCUT2D eigenvalue weighted by Gasteiger charge is -2.00. The van der Waals surface area contributed by atoms with E-state index in [0.717, 1.165) is 29.9 Å². The molecule has 1 aromatic heterocycles. The van der Waals surface area contributed by atoms with Gasteiger partial charge >= 0.3 is 0 Å². The number of imidazole rings is 1. The van der Waals surface area contributed by atoms with Crippen molar-refractivity contribution in [3.63, 3.8) is 0 Å². The number of aromatic nitrogens is 2. The topological polar surface area (TPSA) is 28.7 Å². The molecule has 1 heterocycles. The van der Waals surface area contributed by atoms with Crippen LogP contribution in [0.1, 0.15) is 11.4 Å². The van der Waals surface area contributed by atoms with Gasteiger partial charge in [0, 0.05) is 28.2 Å². The zero-order valence-electron chi connectivity index (χ0n) is 11.3. The highest BCUT2D eigenvalue weighted by Gasteiger charge is 2.06. The number of hydrogen-bond acceptors (Lipinski definition) is 1. The third-order valence-corrected chi connectivity index (χ3v) is 3.72. The van der Waals surface area contributed by atoms with Gasteiger partial charge in [-0.15, -0.1) is 0 Å². The SMILES string of the molecule is Clc1cc(Cl)cc(-c2c[nH]c(CCc3ccccc3)n2)c1. The molecule has 0 amide bonds. The Morgan fingerprint density at radius 2 is 1.62 bits per heavy atom. The van der Waals surface area contributed by atoms with E-state index in [-0.39, 0.29) is 0 Å². The molecule has 0 aliphatic heterocycles. The average molecular weight is 317 g/mol. The number of nitrogens with one attached hydrogen (secondary N) is 1. The fraction of sp³-hybridized carbons (Fsp3) is 0.118. The number of halogens is 2. The largest absolute Gasteiger partial charge is 0.348 e. The summed E-state index contributed by atoms with van der Waals surface area (Å²) in [6.07, 6.45) is 3.73. The summed E-state index contributed by atoms with van der Waals surface area (Å²) in [5, 5.41) is 1.23. The number of rotatable bonds is 4. The van der Waals surface area contributed by atoms with Gasteiger partial charge in [-0.1, -0.05) is 53.5 Å². The first kappa shape index (κ1) is 14.2. The molecule has 4 heteroatoms. The highest BCUT2D eigenvalue weighted by molar-refractivity contribution is 6.35. The van der Waals surface area contributed by atoms with Gasteiger partial charge in [-0.25, -0.2) is 4.98 Å². The molecule has 0 spiro atoms. The summed E-state index contributed by atoms with van der Waals surface area (Å²) in [6, 6.07) is 15.8. The van der Waals surface area contributed by atoms with E-state index in [1.165, 1.54) is 5.56 Å². The van der Waals surface area contributed by atoms with E-state index in [2.05, 4.69) is 34.2 Å². The van der Waals surface area contributed by atoms with Crippen LogP contribution in [0.2, 0.25) is 10.0 Å². The van der Waals surface area contributed by atoms with Crippen molar-refractivity contribution in [3.05, 3.63) is 76.2 Å². The molecule has 21 heavy (non-hydrogen) atoms. The highest BCUT2D eigenvalue weighted by atomic mass is 35.5.